The molecule has 0 saturated carbocycles. The Kier molecular flexibility index (Phi) is 4.55. The van der Waals surface area contributed by atoms with Crippen LogP contribution in [0.1, 0.15) is 0 Å². The van der Waals surface area contributed by atoms with Crippen LogP contribution >= 0.6 is 0 Å². The maximum absolute atomic E-state index is 10.3. The van der Waals surface area contributed by atoms with E-state index in [1.54, 1.807) is 0 Å². The van der Waals surface area contributed by atoms with Crippen LogP contribution in [-0.2, 0) is 15.5 Å². The van der Waals surface area contributed by atoms with Gasteiger partial charge >= 0.3 is 11.4 Å². The fourth-order valence-electron chi connectivity index (χ4n) is 1.36. The third-order valence-electron chi connectivity index (χ3n) is 2.18. The van der Waals surface area contributed by atoms with E-state index in [9.17, 15) is 19.5 Å². The molecule has 15 heavy (non-hydrogen) atoms. The number of piperidine rings is 1. The van der Waals surface area contributed by atoms with Crippen molar-refractivity contribution in [3.8, 4) is 0 Å². The lowest BCUT2D eigenvalue weighted by Gasteiger charge is -2.39. The predicted octanol–water partition coefficient (Wildman–Crippen LogP) is -3.49. The molecule has 1 aliphatic heterocycles. The molecule has 0 amide bonds. The van der Waals surface area contributed by atoms with E-state index in [1.165, 1.54) is 0 Å². The second kappa shape index (κ2) is 5.27. The van der Waals surface area contributed by atoms with E-state index in [2.05, 4.69) is 9.50 Å². The molecule has 0 aromatic heterocycles. The molecule has 0 aliphatic carbocycles. The average Bonchev–Trinajstić information content (AvgIpc) is 2.18. The van der Waals surface area contributed by atoms with Gasteiger partial charge < -0.3 is 20.4 Å². The van der Waals surface area contributed by atoms with Crippen molar-refractivity contribution in [1.82, 2.24) is 5.32 Å². The molecule has 90 valence electrons. The minimum Gasteiger partial charge on any atom is -0.395 e. The molecule has 0 spiro atoms. The summed E-state index contributed by atoms with van der Waals surface area (Å²) in [5.41, 5.74) is 0. The van der Waals surface area contributed by atoms with Crippen molar-refractivity contribution in [2.45, 2.75) is 30.6 Å². The quantitative estimate of drug-likeness (QED) is 0.281. The Morgan fingerprint density at radius 2 is 1.80 bits per heavy atom. The first-order valence-electron chi connectivity index (χ1n) is 4.16. The molecule has 1 heterocycles. The van der Waals surface area contributed by atoms with Crippen LogP contribution in [0.25, 0.3) is 0 Å². The third kappa shape index (κ3) is 2.92. The van der Waals surface area contributed by atoms with Gasteiger partial charge in [0.1, 0.15) is 18.3 Å². The lowest BCUT2D eigenvalue weighted by Crippen LogP contribution is -2.66. The van der Waals surface area contributed by atoms with Crippen molar-refractivity contribution in [1.29, 1.82) is 0 Å². The molecule has 0 bridgehead atoms. The van der Waals surface area contributed by atoms with Gasteiger partial charge in [-0.2, -0.15) is 4.21 Å². The van der Waals surface area contributed by atoms with Crippen molar-refractivity contribution in [2.24, 2.45) is 0 Å². The van der Waals surface area contributed by atoms with Crippen LogP contribution in [0.2, 0.25) is 0 Å². The van der Waals surface area contributed by atoms with Crippen LogP contribution in [-0.4, -0.2) is 66.4 Å². The summed E-state index contributed by atoms with van der Waals surface area (Å²) in [6.07, 6.45) is -5.82. The zero-order valence-electron chi connectivity index (χ0n) is 7.55. The van der Waals surface area contributed by atoms with Gasteiger partial charge in [-0.25, -0.2) is 4.18 Å². The number of rotatable bonds is 3. The van der Waals surface area contributed by atoms with Gasteiger partial charge in [-0.05, 0) is 0 Å². The molecule has 9 heteroatoms. The summed E-state index contributed by atoms with van der Waals surface area (Å²) < 4.78 is 23.1. The van der Waals surface area contributed by atoms with Gasteiger partial charge in [0.05, 0.1) is 12.6 Å². The average molecular weight is 243 g/mol. The van der Waals surface area contributed by atoms with Crippen LogP contribution in [0.3, 0.4) is 0 Å². The molecular formula is C6H13NO7S. The van der Waals surface area contributed by atoms with E-state index in [0.717, 1.165) is 0 Å². The van der Waals surface area contributed by atoms with Gasteiger partial charge in [0, 0.05) is 0 Å². The highest BCUT2D eigenvalue weighted by Crippen LogP contribution is 2.16. The van der Waals surface area contributed by atoms with Gasteiger partial charge in [0.15, 0.2) is 6.23 Å². The van der Waals surface area contributed by atoms with E-state index in [0.29, 0.717) is 0 Å². The van der Waals surface area contributed by atoms with Crippen molar-refractivity contribution < 1.29 is 33.4 Å². The zero-order valence-corrected chi connectivity index (χ0v) is 8.37. The molecule has 6 N–H and O–H groups in total. The van der Waals surface area contributed by atoms with Crippen LogP contribution in [0.5, 0.6) is 0 Å². The summed E-state index contributed by atoms with van der Waals surface area (Å²) in [4.78, 5) is 0. The highest BCUT2D eigenvalue weighted by molar-refractivity contribution is 7.74. The van der Waals surface area contributed by atoms with Crippen molar-refractivity contribution in [2.75, 3.05) is 6.61 Å². The minimum absolute atomic E-state index is 0.511. The molecule has 1 fully saturated rings. The van der Waals surface area contributed by atoms with E-state index < -0.39 is 48.5 Å². The van der Waals surface area contributed by atoms with E-state index in [4.69, 9.17) is 9.66 Å². The van der Waals surface area contributed by atoms with Crippen molar-refractivity contribution >= 4 is 11.4 Å². The lowest BCUT2D eigenvalue weighted by atomic mass is 9.95. The number of nitrogens with one attached hydrogen (secondary N) is 1. The fraction of sp³-hybridized carbons (Fsp3) is 1.00. The fourth-order valence-corrected chi connectivity index (χ4v) is 1.71. The Morgan fingerprint density at radius 1 is 1.20 bits per heavy atom. The monoisotopic (exact) mass is 243 g/mol. The predicted molar refractivity (Wildman–Crippen MR) is 47.7 cm³/mol. The molecule has 6 atom stereocenters. The summed E-state index contributed by atoms with van der Waals surface area (Å²) in [6, 6.07) is -0.933. The largest absolute Gasteiger partial charge is 0.395 e. The van der Waals surface area contributed by atoms with Gasteiger partial charge in [-0.1, -0.05) is 0 Å². The Bertz CT molecular complexity index is 238. The standard InChI is InChI=1S/C6H13NO7S/c8-1-2-3(9)4(10)5(11)6(7-2)14-15(12)13/h2-11H,1H2,(H,12,13)/t2-,3+,4+,5-,6+/m1/s1. The maximum Gasteiger partial charge on any atom is 0.303 e. The number of aliphatic hydroxyl groups is 4. The van der Waals surface area contributed by atoms with Gasteiger partial charge in [-0.3, -0.25) is 9.87 Å². The van der Waals surface area contributed by atoms with E-state index in [-0.39, 0.29) is 0 Å². The second-order valence-electron chi connectivity index (χ2n) is 3.16. The first-order valence-corrected chi connectivity index (χ1v) is 5.19. The molecule has 0 aromatic rings. The van der Waals surface area contributed by atoms with Crippen LogP contribution in [0.15, 0.2) is 0 Å². The van der Waals surface area contributed by atoms with E-state index in [1.807, 2.05) is 0 Å². The summed E-state index contributed by atoms with van der Waals surface area (Å²) in [5, 5.41) is 39.2. The van der Waals surface area contributed by atoms with Crippen LogP contribution < -0.4 is 5.32 Å². The Labute approximate surface area is 88.0 Å². The summed E-state index contributed by atoms with van der Waals surface area (Å²) in [6.45, 7) is -0.511. The topological polar surface area (TPSA) is 139 Å². The number of aliphatic hydroxyl groups excluding tert-OH is 4. The first kappa shape index (κ1) is 12.9. The zero-order chi connectivity index (χ0) is 11.6. The lowest BCUT2D eigenvalue weighted by molar-refractivity contribution is -0.153. The molecule has 8 nitrogen and oxygen atoms in total. The van der Waals surface area contributed by atoms with Crippen LogP contribution in [0.4, 0.5) is 0 Å². The summed E-state index contributed by atoms with van der Waals surface area (Å²) in [7, 11) is 0. The molecule has 1 aliphatic rings. The highest BCUT2D eigenvalue weighted by atomic mass is 32.2. The Morgan fingerprint density at radius 3 is 2.27 bits per heavy atom. The Balaban J connectivity index is 2.69. The second-order valence-corrected chi connectivity index (χ2v) is 3.79. The maximum atomic E-state index is 10.3. The molecular weight excluding hydrogens is 230 g/mol. The number of hydrogen-bond acceptors (Lipinski definition) is 7. The van der Waals surface area contributed by atoms with Gasteiger partial charge in [0.25, 0.3) is 0 Å². The van der Waals surface area contributed by atoms with Crippen molar-refractivity contribution in [3.05, 3.63) is 0 Å². The molecule has 1 saturated heterocycles. The third-order valence-corrected chi connectivity index (χ3v) is 2.56. The van der Waals surface area contributed by atoms with Crippen LogP contribution in [0, 0.1) is 0 Å². The molecule has 1 unspecified atom stereocenters. The van der Waals surface area contributed by atoms with Crippen molar-refractivity contribution in [3.63, 3.8) is 0 Å². The first-order chi connectivity index (χ1) is 6.97. The van der Waals surface area contributed by atoms with Gasteiger partial charge in [0.2, 0.25) is 0 Å². The summed E-state index contributed by atoms with van der Waals surface area (Å²) in [5.74, 6) is 0. The SMILES string of the molecule is O=S(O)O[C@@H]1N[C@H](CO)[C@H](O)[C@H](O)[C@H]1O. The molecule has 1 rings (SSSR count). The Hall–Kier alpha value is -0.130. The normalized spacial score (nSPS) is 43.9. The highest BCUT2D eigenvalue weighted by Gasteiger charge is 2.43. The molecule has 0 aromatic carbocycles. The smallest absolute Gasteiger partial charge is 0.303 e. The minimum atomic E-state index is -2.62. The summed E-state index contributed by atoms with van der Waals surface area (Å²) >= 11 is -2.62. The number of hydrogen-bond donors (Lipinski definition) is 6. The van der Waals surface area contributed by atoms with E-state index >= 15 is 0 Å². The van der Waals surface area contributed by atoms with Gasteiger partial charge in [-0.15, -0.1) is 0 Å². The molecule has 0 radical (unpaired) electrons.